The molecule has 0 saturated carbocycles. The lowest BCUT2D eigenvalue weighted by Crippen LogP contribution is -2.39. The highest BCUT2D eigenvalue weighted by atomic mass is 32.1. The van der Waals surface area contributed by atoms with Gasteiger partial charge in [0.1, 0.15) is 17.6 Å². The van der Waals surface area contributed by atoms with Crippen LogP contribution < -0.4 is 0 Å². The number of amides is 1. The lowest BCUT2D eigenvalue weighted by Gasteiger charge is -2.32. The number of hydrogen-bond acceptors (Lipinski definition) is 6. The predicted molar refractivity (Wildman–Crippen MR) is 100 cm³/mol. The Morgan fingerprint density at radius 3 is 3.00 bits per heavy atom. The second-order valence-electron chi connectivity index (χ2n) is 6.53. The van der Waals surface area contributed by atoms with E-state index >= 15 is 0 Å². The Morgan fingerprint density at radius 1 is 1.33 bits per heavy atom. The van der Waals surface area contributed by atoms with E-state index in [1.165, 1.54) is 6.20 Å². The number of carbonyl (C=O) groups excluding carboxylic acids is 1. The van der Waals surface area contributed by atoms with Crippen LogP contribution in [0.1, 0.15) is 46.3 Å². The van der Waals surface area contributed by atoms with E-state index in [0.29, 0.717) is 24.3 Å². The third-order valence-corrected chi connectivity index (χ3v) is 5.40. The van der Waals surface area contributed by atoms with Crippen molar-refractivity contribution in [3.8, 4) is 6.07 Å². The summed E-state index contributed by atoms with van der Waals surface area (Å²) in [5.41, 5.74) is 3.68. The number of hydrogen-bond donors (Lipinski definition) is 0. The molecule has 1 atom stereocenters. The summed E-state index contributed by atoms with van der Waals surface area (Å²) in [6, 6.07) is 5.22. The second kappa shape index (κ2) is 7.68. The van der Waals surface area contributed by atoms with Crippen molar-refractivity contribution in [2.75, 3.05) is 13.1 Å². The molecule has 1 fully saturated rings. The fraction of sp³-hybridized carbons (Fsp3) is 0.316. The highest BCUT2D eigenvalue weighted by Crippen LogP contribution is 2.27. The maximum absolute atomic E-state index is 12.8. The van der Waals surface area contributed by atoms with Gasteiger partial charge in [0.2, 0.25) is 0 Å². The van der Waals surface area contributed by atoms with E-state index in [9.17, 15) is 4.79 Å². The molecule has 0 spiro atoms. The molecule has 8 heteroatoms. The number of carbonyl (C=O) groups is 1. The van der Waals surface area contributed by atoms with Crippen molar-refractivity contribution in [2.45, 2.75) is 25.3 Å². The molecule has 1 amide bonds. The molecule has 3 aromatic rings. The number of piperidine rings is 1. The average Bonchev–Trinajstić information content (AvgIpc) is 3.40. The van der Waals surface area contributed by atoms with Gasteiger partial charge in [-0.15, -0.1) is 11.3 Å². The van der Waals surface area contributed by atoms with Gasteiger partial charge < -0.3 is 9.47 Å². The van der Waals surface area contributed by atoms with E-state index in [4.69, 9.17) is 5.26 Å². The van der Waals surface area contributed by atoms with Gasteiger partial charge in [-0.2, -0.15) is 5.26 Å². The van der Waals surface area contributed by atoms with Crippen LogP contribution in [0.5, 0.6) is 0 Å². The third-order valence-electron chi connectivity index (χ3n) is 4.76. The first-order chi connectivity index (χ1) is 13.2. The molecule has 1 saturated heterocycles. The Hall–Kier alpha value is -3.05. The molecule has 0 aromatic carbocycles. The van der Waals surface area contributed by atoms with Crippen molar-refractivity contribution in [1.29, 1.82) is 5.26 Å². The lowest BCUT2D eigenvalue weighted by molar-refractivity contribution is 0.0703. The molecule has 0 aliphatic carbocycles. The first-order valence-electron chi connectivity index (χ1n) is 8.78. The second-order valence-corrected chi connectivity index (χ2v) is 7.25. The van der Waals surface area contributed by atoms with Crippen LogP contribution >= 0.6 is 11.3 Å². The maximum Gasteiger partial charge on any atom is 0.255 e. The molecule has 4 rings (SSSR count). The molecule has 27 heavy (non-hydrogen) atoms. The van der Waals surface area contributed by atoms with Gasteiger partial charge in [-0.3, -0.25) is 4.79 Å². The zero-order valence-electron chi connectivity index (χ0n) is 14.7. The fourth-order valence-electron chi connectivity index (χ4n) is 3.45. The largest absolute Gasteiger partial charge is 0.338 e. The van der Waals surface area contributed by atoms with Gasteiger partial charge in [0.15, 0.2) is 0 Å². The Labute approximate surface area is 160 Å². The monoisotopic (exact) mass is 378 g/mol. The number of thiazole rings is 1. The Morgan fingerprint density at radius 2 is 2.26 bits per heavy atom. The van der Waals surface area contributed by atoms with Crippen molar-refractivity contribution >= 4 is 17.2 Å². The van der Waals surface area contributed by atoms with Crippen LogP contribution in [0.4, 0.5) is 0 Å². The summed E-state index contributed by atoms with van der Waals surface area (Å²) < 4.78 is 2.12. The van der Waals surface area contributed by atoms with Crippen molar-refractivity contribution in [3.05, 3.63) is 64.4 Å². The fourth-order valence-corrected chi connectivity index (χ4v) is 4.00. The van der Waals surface area contributed by atoms with Gasteiger partial charge in [0, 0.05) is 43.0 Å². The molecule has 0 N–H and O–H groups in total. The van der Waals surface area contributed by atoms with Gasteiger partial charge in [0.05, 0.1) is 23.3 Å². The topological polar surface area (TPSA) is 87.7 Å². The van der Waals surface area contributed by atoms with Gasteiger partial charge in [-0.1, -0.05) is 0 Å². The minimum atomic E-state index is -0.0469. The van der Waals surface area contributed by atoms with Crippen LogP contribution in [0.3, 0.4) is 0 Å². The Balaban J connectivity index is 1.49. The summed E-state index contributed by atoms with van der Waals surface area (Å²) in [6.45, 7) is 2.05. The molecular weight excluding hydrogens is 360 g/mol. The molecule has 3 aromatic heterocycles. The molecule has 136 valence electrons. The van der Waals surface area contributed by atoms with Crippen molar-refractivity contribution in [2.24, 2.45) is 0 Å². The number of imidazole rings is 1. The quantitative estimate of drug-likeness (QED) is 0.696. The number of nitrogens with zero attached hydrogens (tertiary/aromatic N) is 6. The van der Waals surface area contributed by atoms with E-state index in [1.54, 1.807) is 23.5 Å². The molecule has 0 bridgehead atoms. The van der Waals surface area contributed by atoms with Gasteiger partial charge in [-0.05, 0) is 25.0 Å². The molecule has 7 nitrogen and oxygen atoms in total. The Bertz CT molecular complexity index is 957. The van der Waals surface area contributed by atoms with E-state index in [2.05, 4.69) is 19.5 Å². The number of rotatable bonds is 4. The summed E-state index contributed by atoms with van der Waals surface area (Å²) in [7, 11) is 0. The Kier molecular flexibility index (Phi) is 4.94. The van der Waals surface area contributed by atoms with E-state index in [-0.39, 0.29) is 11.8 Å². The van der Waals surface area contributed by atoms with Crippen LogP contribution in [0.25, 0.3) is 0 Å². The summed E-state index contributed by atoms with van der Waals surface area (Å²) in [5, 5.41) is 10.9. The first-order valence-corrected chi connectivity index (χ1v) is 9.72. The summed E-state index contributed by atoms with van der Waals surface area (Å²) in [6.07, 6.45) is 7.20. The van der Waals surface area contributed by atoms with Gasteiger partial charge in [0.25, 0.3) is 5.91 Å². The zero-order chi connectivity index (χ0) is 18.6. The van der Waals surface area contributed by atoms with E-state index in [1.807, 2.05) is 34.3 Å². The third kappa shape index (κ3) is 3.73. The summed E-state index contributed by atoms with van der Waals surface area (Å²) in [5.74, 6) is 1.15. The smallest absolute Gasteiger partial charge is 0.255 e. The van der Waals surface area contributed by atoms with E-state index in [0.717, 1.165) is 30.9 Å². The highest BCUT2D eigenvalue weighted by Gasteiger charge is 2.28. The first kappa shape index (κ1) is 17.4. The average molecular weight is 378 g/mol. The predicted octanol–water partition coefficient (Wildman–Crippen LogP) is 2.67. The normalized spacial score (nSPS) is 16.9. The molecule has 1 unspecified atom stereocenters. The number of nitriles is 1. The number of aromatic nitrogens is 4. The molecule has 0 radical (unpaired) electrons. The lowest BCUT2D eigenvalue weighted by atomic mass is 9.96. The summed E-state index contributed by atoms with van der Waals surface area (Å²) >= 11 is 1.58. The molecule has 1 aliphatic heterocycles. The van der Waals surface area contributed by atoms with Gasteiger partial charge in [-0.25, -0.2) is 15.0 Å². The van der Waals surface area contributed by atoms with Crippen molar-refractivity contribution in [3.63, 3.8) is 0 Å². The van der Waals surface area contributed by atoms with Crippen LogP contribution in [0.2, 0.25) is 0 Å². The molecule has 4 heterocycles. The number of pyridine rings is 1. The van der Waals surface area contributed by atoms with Crippen molar-refractivity contribution in [1.82, 2.24) is 24.4 Å². The van der Waals surface area contributed by atoms with Crippen LogP contribution in [0, 0.1) is 11.3 Å². The SMILES string of the molecule is N#Cc1ccc(C(=O)N2CCCC(c3nccn3Cc3cscn3)C2)cn1. The highest BCUT2D eigenvalue weighted by molar-refractivity contribution is 7.07. The summed E-state index contributed by atoms with van der Waals surface area (Å²) in [4.78, 5) is 27.6. The minimum absolute atomic E-state index is 0.0469. The standard InChI is InChI=1S/C19H18N6OS/c20-8-16-4-3-14(9-22-16)19(26)25-6-1-2-15(10-25)18-21-5-7-24(18)11-17-12-27-13-23-17/h3-5,7,9,12-13,15H,1-2,6,10-11H2. The van der Waals surface area contributed by atoms with Gasteiger partial charge >= 0.3 is 0 Å². The van der Waals surface area contributed by atoms with Crippen LogP contribution in [0.15, 0.2) is 41.6 Å². The van der Waals surface area contributed by atoms with E-state index < -0.39 is 0 Å². The zero-order valence-corrected chi connectivity index (χ0v) is 15.5. The van der Waals surface area contributed by atoms with Crippen molar-refractivity contribution < 1.29 is 4.79 Å². The maximum atomic E-state index is 12.8. The molecular formula is C19H18N6OS. The number of likely N-dealkylation sites (tertiary alicyclic amines) is 1. The van der Waals surface area contributed by atoms with Crippen LogP contribution in [-0.2, 0) is 6.54 Å². The molecule has 1 aliphatic rings. The minimum Gasteiger partial charge on any atom is -0.338 e. The van der Waals surface area contributed by atoms with Crippen LogP contribution in [-0.4, -0.2) is 43.4 Å².